The Bertz CT molecular complexity index is 1360. The summed E-state index contributed by atoms with van der Waals surface area (Å²) in [6.45, 7) is 6.60. The van der Waals surface area contributed by atoms with Crippen molar-refractivity contribution in [2.24, 2.45) is 0 Å². The first-order valence-corrected chi connectivity index (χ1v) is 13.9. The molecule has 0 bridgehead atoms. The van der Waals surface area contributed by atoms with Crippen LogP contribution in [0, 0.1) is 0 Å². The summed E-state index contributed by atoms with van der Waals surface area (Å²) in [7, 11) is 0. The molecule has 4 heterocycles. The molecule has 0 atom stereocenters. The largest absolute Gasteiger partial charge is 0.486 e. The van der Waals surface area contributed by atoms with Crippen molar-refractivity contribution in [2.75, 3.05) is 39.4 Å². The van der Waals surface area contributed by atoms with E-state index < -0.39 is 0 Å². The van der Waals surface area contributed by atoms with E-state index in [1.165, 1.54) is 31.2 Å². The van der Waals surface area contributed by atoms with Crippen LogP contribution in [-0.2, 0) is 6.54 Å². The first kappa shape index (κ1) is 23.6. The van der Waals surface area contributed by atoms with E-state index in [4.69, 9.17) is 19.0 Å². The van der Waals surface area contributed by atoms with Crippen LogP contribution in [0.4, 0.5) is 0 Å². The maximum absolute atomic E-state index is 5.78. The number of hydrogen-bond acceptors (Lipinski definition) is 6. The Labute approximate surface area is 223 Å². The molecule has 2 aromatic heterocycles. The van der Waals surface area contributed by atoms with Crippen LogP contribution < -0.4 is 9.47 Å². The first-order valence-electron chi connectivity index (χ1n) is 13.9. The topological polar surface area (TPSA) is 55.9 Å². The molecule has 2 aromatic carbocycles. The van der Waals surface area contributed by atoms with Crippen molar-refractivity contribution in [3.63, 3.8) is 0 Å². The molecule has 7 rings (SSSR count). The second kappa shape index (κ2) is 10.3. The van der Waals surface area contributed by atoms with Crippen LogP contribution in [0.2, 0.25) is 0 Å². The Hall–Kier alpha value is -3.55. The van der Waals surface area contributed by atoms with Crippen LogP contribution in [0.5, 0.6) is 11.5 Å². The van der Waals surface area contributed by atoms with Crippen molar-refractivity contribution < 1.29 is 13.9 Å². The minimum absolute atomic E-state index is 0.589. The van der Waals surface area contributed by atoms with E-state index in [0.29, 0.717) is 13.2 Å². The molecule has 0 spiro atoms. The molecule has 2 fully saturated rings. The van der Waals surface area contributed by atoms with Gasteiger partial charge in [0.1, 0.15) is 18.9 Å². The van der Waals surface area contributed by atoms with Crippen LogP contribution in [0.15, 0.2) is 71.5 Å². The van der Waals surface area contributed by atoms with Crippen LogP contribution in [0.3, 0.4) is 0 Å². The fourth-order valence-corrected chi connectivity index (χ4v) is 6.10. The van der Waals surface area contributed by atoms with E-state index in [2.05, 4.69) is 52.4 Å². The van der Waals surface area contributed by atoms with Gasteiger partial charge in [-0.2, -0.15) is 5.10 Å². The minimum Gasteiger partial charge on any atom is -0.486 e. The number of rotatable bonds is 6. The summed E-state index contributed by atoms with van der Waals surface area (Å²) in [5.41, 5.74) is 5.38. The number of hydrogen-bond donors (Lipinski definition) is 0. The van der Waals surface area contributed by atoms with Gasteiger partial charge in [0.15, 0.2) is 17.3 Å². The molecular weight excluding hydrogens is 476 g/mol. The van der Waals surface area contributed by atoms with Gasteiger partial charge in [-0.3, -0.25) is 9.80 Å². The van der Waals surface area contributed by atoms with Gasteiger partial charge in [-0.1, -0.05) is 31.0 Å². The van der Waals surface area contributed by atoms with Gasteiger partial charge in [-0.05, 0) is 60.4 Å². The smallest absolute Gasteiger partial charge is 0.161 e. The predicted octanol–water partition coefficient (Wildman–Crippen LogP) is 5.63. The molecular formula is C31H34N4O3. The van der Waals surface area contributed by atoms with Crippen molar-refractivity contribution in [3.8, 4) is 39.8 Å². The maximum atomic E-state index is 5.78. The number of nitrogens with zero attached hydrogens (tertiary/aromatic N) is 4. The molecule has 1 saturated heterocycles. The molecule has 196 valence electrons. The predicted molar refractivity (Wildman–Crippen MR) is 147 cm³/mol. The molecule has 0 N–H and O–H groups in total. The zero-order valence-electron chi connectivity index (χ0n) is 21.7. The number of furan rings is 1. The van der Waals surface area contributed by atoms with Crippen LogP contribution in [0.1, 0.15) is 31.2 Å². The lowest BCUT2D eigenvalue weighted by Crippen LogP contribution is -2.49. The summed E-state index contributed by atoms with van der Waals surface area (Å²) in [6.07, 6.45) is 9.44. The van der Waals surface area contributed by atoms with Crippen LogP contribution in [-0.4, -0.2) is 65.0 Å². The fourth-order valence-electron chi connectivity index (χ4n) is 6.10. The molecule has 1 aliphatic carbocycles. The molecule has 1 saturated carbocycles. The van der Waals surface area contributed by atoms with Gasteiger partial charge in [0.05, 0.1) is 12.0 Å². The third kappa shape index (κ3) is 4.72. The molecule has 4 aromatic rings. The fraction of sp³-hybridized carbons (Fsp3) is 0.387. The molecule has 0 amide bonds. The zero-order chi connectivity index (χ0) is 25.3. The molecule has 0 radical (unpaired) electrons. The zero-order valence-corrected chi connectivity index (χ0v) is 21.7. The summed E-state index contributed by atoms with van der Waals surface area (Å²) in [6, 6.07) is 19.4. The van der Waals surface area contributed by atoms with Gasteiger partial charge in [-0.25, -0.2) is 4.68 Å². The lowest BCUT2D eigenvalue weighted by Gasteiger charge is -2.38. The summed E-state index contributed by atoms with van der Waals surface area (Å²) in [4.78, 5) is 5.27. The first-order chi connectivity index (χ1) is 18.8. The number of piperazine rings is 1. The van der Waals surface area contributed by atoms with Gasteiger partial charge in [0.25, 0.3) is 0 Å². The van der Waals surface area contributed by atoms with Gasteiger partial charge < -0.3 is 13.9 Å². The molecule has 0 unspecified atom stereocenters. The molecule has 3 aliphatic rings. The second-order valence-corrected chi connectivity index (χ2v) is 10.6. The van der Waals surface area contributed by atoms with E-state index in [1.807, 2.05) is 22.9 Å². The van der Waals surface area contributed by atoms with Gasteiger partial charge in [0.2, 0.25) is 0 Å². The third-order valence-corrected chi connectivity index (χ3v) is 8.19. The van der Waals surface area contributed by atoms with E-state index in [9.17, 15) is 0 Å². The number of aromatic nitrogens is 2. The van der Waals surface area contributed by atoms with E-state index in [0.717, 1.165) is 78.5 Å². The normalized spacial score (nSPS) is 18.7. The maximum Gasteiger partial charge on any atom is 0.161 e. The number of fused-ring (bicyclic) bond motifs is 1. The standard InChI is InChI=1S/C31H34N4O3/c1-2-5-26(4-1)34-15-13-33(14-16-34)21-25-22-35(32-31(25)29-6-3-17-36-29)27-10-7-23(8-11-27)24-9-12-28-30(20-24)38-19-18-37-28/h3,6-12,17,20,22,26H,1-2,4-5,13-16,18-19,21H2. The third-order valence-electron chi connectivity index (χ3n) is 8.19. The van der Waals surface area contributed by atoms with E-state index >= 15 is 0 Å². The van der Waals surface area contributed by atoms with E-state index in [-0.39, 0.29) is 0 Å². The highest BCUT2D eigenvalue weighted by Gasteiger charge is 2.27. The summed E-state index contributed by atoms with van der Waals surface area (Å²) in [5, 5.41) is 4.98. The average Bonchev–Trinajstić information content (AvgIpc) is 3.76. The Morgan fingerprint density at radius 1 is 0.816 bits per heavy atom. The lowest BCUT2D eigenvalue weighted by molar-refractivity contribution is 0.0938. The second-order valence-electron chi connectivity index (χ2n) is 10.6. The molecule has 7 heteroatoms. The van der Waals surface area contributed by atoms with Crippen molar-refractivity contribution in [2.45, 2.75) is 38.3 Å². The van der Waals surface area contributed by atoms with E-state index in [1.54, 1.807) is 6.26 Å². The summed E-state index contributed by atoms with van der Waals surface area (Å²) < 4.78 is 19.2. The van der Waals surface area contributed by atoms with Crippen molar-refractivity contribution in [1.82, 2.24) is 19.6 Å². The van der Waals surface area contributed by atoms with Gasteiger partial charge in [-0.15, -0.1) is 0 Å². The Morgan fingerprint density at radius 2 is 1.58 bits per heavy atom. The van der Waals surface area contributed by atoms with Crippen molar-refractivity contribution >= 4 is 0 Å². The monoisotopic (exact) mass is 510 g/mol. The lowest BCUT2D eigenvalue weighted by atomic mass is 10.0. The number of ether oxygens (including phenoxy) is 2. The Morgan fingerprint density at radius 3 is 2.34 bits per heavy atom. The van der Waals surface area contributed by atoms with Crippen molar-refractivity contribution in [3.05, 3.63) is 72.6 Å². The summed E-state index contributed by atoms with van der Waals surface area (Å²) >= 11 is 0. The molecule has 2 aliphatic heterocycles. The van der Waals surface area contributed by atoms with Crippen LogP contribution in [0.25, 0.3) is 28.3 Å². The summed E-state index contributed by atoms with van der Waals surface area (Å²) in [5.74, 6) is 2.43. The van der Waals surface area contributed by atoms with Gasteiger partial charge >= 0.3 is 0 Å². The SMILES string of the molecule is c1coc(-c2nn(-c3ccc(-c4ccc5c(c4)OCCO5)cc3)cc2CN2CCN(C3CCCC3)CC2)c1. The average molecular weight is 511 g/mol. The molecule has 7 nitrogen and oxygen atoms in total. The Balaban J connectivity index is 1.10. The van der Waals surface area contributed by atoms with Crippen molar-refractivity contribution in [1.29, 1.82) is 0 Å². The van der Waals surface area contributed by atoms with Gasteiger partial charge in [0, 0.05) is 50.5 Å². The quantitative estimate of drug-likeness (QED) is 0.335. The number of benzene rings is 2. The molecule has 38 heavy (non-hydrogen) atoms. The highest BCUT2D eigenvalue weighted by atomic mass is 16.6. The Kier molecular flexibility index (Phi) is 6.39. The highest BCUT2D eigenvalue weighted by molar-refractivity contribution is 5.68. The van der Waals surface area contributed by atoms with Crippen LogP contribution >= 0.6 is 0 Å². The highest BCUT2D eigenvalue weighted by Crippen LogP contribution is 2.35. The minimum atomic E-state index is 0.589.